The molecule has 0 aliphatic carbocycles. The van der Waals surface area contributed by atoms with Crippen molar-refractivity contribution in [2.45, 2.75) is 6.92 Å². The number of hydrogen-bond donors (Lipinski definition) is 0. The van der Waals surface area contributed by atoms with Crippen LogP contribution < -0.4 is 9.64 Å². The van der Waals surface area contributed by atoms with E-state index in [-0.39, 0.29) is 16.0 Å². The molecular weight excluding hydrogens is 329 g/mol. The molecule has 0 bridgehead atoms. The van der Waals surface area contributed by atoms with E-state index < -0.39 is 5.91 Å². The van der Waals surface area contributed by atoms with Crippen LogP contribution in [0, 0.1) is 5.82 Å². The van der Waals surface area contributed by atoms with Gasteiger partial charge in [-0.15, -0.1) is 0 Å². The van der Waals surface area contributed by atoms with Crippen LogP contribution in [-0.2, 0) is 4.79 Å². The number of halogens is 1. The second-order valence-corrected chi connectivity index (χ2v) is 5.96. The molecule has 4 nitrogen and oxygen atoms in total. The van der Waals surface area contributed by atoms with Crippen molar-refractivity contribution in [1.82, 2.24) is 0 Å². The van der Waals surface area contributed by atoms with Gasteiger partial charge in [0.25, 0.3) is 11.1 Å². The minimum atomic E-state index is -0.415. The second kappa shape index (κ2) is 6.88. The monoisotopic (exact) mass is 343 g/mol. The highest BCUT2D eigenvalue weighted by atomic mass is 32.2. The average Bonchev–Trinajstić information content (AvgIpc) is 2.85. The van der Waals surface area contributed by atoms with E-state index in [1.807, 2.05) is 6.92 Å². The molecule has 0 unspecified atom stereocenters. The van der Waals surface area contributed by atoms with Gasteiger partial charge in [0, 0.05) is 0 Å². The summed E-state index contributed by atoms with van der Waals surface area (Å²) in [5.74, 6) is -0.294. The molecule has 1 fully saturated rings. The molecule has 1 aliphatic heterocycles. The van der Waals surface area contributed by atoms with Gasteiger partial charge in [0.2, 0.25) is 0 Å². The lowest BCUT2D eigenvalue weighted by Gasteiger charge is -2.16. The lowest BCUT2D eigenvalue weighted by Crippen LogP contribution is -2.28. The number of carbonyl (C=O) groups is 2. The Balaban J connectivity index is 1.94. The molecule has 24 heavy (non-hydrogen) atoms. The van der Waals surface area contributed by atoms with Crippen molar-refractivity contribution in [3.8, 4) is 5.75 Å². The van der Waals surface area contributed by atoms with E-state index in [9.17, 15) is 14.0 Å². The number of imide groups is 1. The van der Waals surface area contributed by atoms with Crippen LogP contribution in [-0.4, -0.2) is 17.8 Å². The maximum absolute atomic E-state index is 13.0. The Labute approximate surface area is 142 Å². The third kappa shape index (κ3) is 3.19. The highest BCUT2D eigenvalue weighted by Crippen LogP contribution is 2.39. The first kappa shape index (κ1) is 16.3. The second-order valence-electron chi connectivity index (χ2n) is 4.97. The molecule has 0 spiro atoms. The van der Waals surface area contributed by atoms with Crippen LogP contribution in [0.1, 0.15) is 12.5 Å². The summed E-state index contributed by atoms with van der Waals surface area (Å²) in [6.07, 6.45) is 1.58. The Morgan fingerprint density at radius 1 is 1.12 bits per heavy atom. The van der Waals surface area contributed by atoms with Crippen molar-refractivity contribution in [1.29, 1.82) is 0 Å². The molecule has 2 aromatic rings. The molecule has 1 heterocycles. The number of carbonyl (C=O) groups excluding carboxylic acids is 2. The molecule has 0 saturated carbocycles. The normalized spacial score (nSPS) is 16.1. The number of amides is 2. The molecule has 6 heteroatoms. The van der Waals surface area contributed by atoms with Gasteiger partial charge in [-0.3, -0.25) is 9.59 Å². The number of thioether (sulfide) groups is 1. The number of para-hydroxylation sites is 2. The van der Waals surface area contributed by atoms with E-state index >= 15 is 0 Å². The Hall–Kier alpha value is -2.60. The summed E-state index contributed by atoms with van der Waals surface area (Å²) in [5, 5.41) is -0.388. The van der Waals surface area contributed by atoms with Gasteiger partial charge in [-0.1, -0.05) is 24.3 Å². The topological polar surface area (TPSA) is 46.6 Å². The Bertz CT molecular complexity index is 817. The van der Waals surface area contributed by atoms with E-state index in [0.717, 1.165) is 16.7 Å². The van der Waals surface area contributed by atoms with Crippen molar-refractivity contribution in [3.63, 3.8) is 0 Å². The fourth-order valence-corrected chi connectivity index (χ4v) is 3.14. The summed E-state index contributed by atoms with van der Waals surface area (Å²) in [6.45, 7) is 2.26. The predicted octanol–water partition coefficient (Wildman–Crippen LogP) is 4.47. The van der Waals surface area contributed by atoms with Crippen LogP contribution in [0.3, 0.4) is 0 Å². The maximum Gasteiger partial charge on any atom is 0.298 e. The van der Waals surface area contributed by atoms with Crippen molar-refractivity contribution >= 4 is 34.7 Å². The van der Waals surface area contributed by atoms with Crippen LogP contribution in [0.25, 0.3) is 6.08 Å². The zero-order valence-electron chi connectivity index (χ0n) is 12.9. The number of anilines is 1. The molecule has 2 amide bonds. The minimum absolute atomic E-state index is 0.290. The van der Waals surface area contributed by atoms with Crippen LogP contribution in [0.2, 0.25) is 0 Å². The number of ether oxygens (including phenoxy) is 1. The van der Waals surface area contributed by atoms with Crippen molar-refractivity contribution in [3.05, 3.63) is 64.8 Å². The fraction of sp³-hybridized carbons (Fsp3) is 0.111. The number of rotatable bonds is 4. The SMILES string of the molecule is CCOc1ccccc1N1C(=O)S/C(=C\c2ccc(F)cc2)C1=O. The molecule has 1 aliphatic rings. The minimum Gasteiger partial charge on any atom is -0.492 e. The average molecular weight is 343 g/mol. The predicted molar refractivity (Wildman–Crippen MR) is 92.5 cm³/mol. The van der Waals surface area contributed by atoms with E-state index in [1.54, 1.807) is 42.5 Å². The summed E-state index contributed by atoms with van der Waals surface area (Å²) in [5.41, 5.74) is 1.07. The summed E-state index contributed by atoms with van der Waals surface area (Å²) in [7, 11) is 0. The van der Waals surface area contributed by atoms with Gasteiger partial charge < -0.3 is 4.74 Å². The largest absolute Gasteiger partial charge is 0.492 e. The summed E-state index contributed by atoms with van der Waals surface area (Å²) in [4.78, 5) is 26.3. The van der Waals surface area contributed by atoms with E-state index in [0.29, 0.717) is 23.6 Å². The number of hydrogen-bond acceptors (Lipinski definition) is 4. The Morgan fingerprint density at radius 2 is 1.83 bits per heavy atom. The molecule has 2 aromatic carbocycles. The van der Waals surface area contributed by atoms with Crippen LogP contribution in [0.15, 0.2) is 53.4 Å². The van der Waals surface area contributed by atoms with Gasteiger partial charge in [0.05, 0.1) is 17.2 Å². The standard InChI is InChI=1S/C18H14FNO3S/c1-2-23-15-6-4-3-5-14(15)20-17(21)16(24-18(20)22)11-12-7-9-13(19)10-8-12/h3-11H,2H2,1H3/b16-11-. The molecular formula is C18H14FNO3S. The summed E-state index contributed by atoms with van der Waals surface area (Å²) < 4.78 is 18.5. The first-order valence-electron chi connectivity index (χ1n) is 7.35. The summed E-state index contributed by atoms with van der Waals surface area (Å²) in [6, 6.07) is 12.6. The first-order chi connectivity index (χ1) is 11.6. The molecule has 0 atom stereocenters. The molecule has 0 N–H and O–H groups in total. The van der Waals surface area contributed by atoms with Gasteiger partial charge in [-0.05, 0) is 54.6 Å². The third-order valence-electron chi connectivity index (χ3n) is 3.37. The zero-order chi connectivity index (χ0) is 17.1. The maximum atomic E-state index is 13.0. The molecule has 122 valence electrons. The van der Waals surface area contributed by atoms with E-state index in [4.69, 9.17) is 4.74 Å². The smallest absolute Gasteiger partial charge is 0.298 e. The zero-order valence-corrected chi connectivity index (χ0v) is 13.7. The third-order valence-corrected chi connectivity index (χ3v) is 4.24. The lowest BCUT2D eigenvalue weighted by molar-refractivity contribution is -0.113. The molecule has 0 radical (unpaired) electrons. The lowest BCUT2D eigenvalue weighted by atomic mass is 10.2. The summed E-state index contributed by atoms with van der Waals surface area (Å²) >= 11 is 0.852. The van der Waals surface area contributed by atoms with Crippen molar-refractivity contribution in [2.75, 3.05) is 11.5 Å². The highest BCUT2D eigenvalue weighted by molar-refractivity contribution is 8.19. The molecule has 0 aromatic heterocycles. The van der Waals surface area contributed by atoms with Crippen LogP contribution >= 0.6 is 11.8 Å². The van der Waals surface area contributed by atoms with Crippen LogP contribution in [0.4, 0.5) is 14.9 Å². The van der Waals surface area contributed by atoms with Gasteiger partial charge >= 0.3 is 0 Å². The van der Waals surface area contributed by atoms with Crippen molar-refractivity contribution in [2.24, 2.45) is 0 Å². The van der Waals surface area contributed by atoms with Crippen molar-refractivity contribution < 1.29 is 18.7 Å². The van der Waals surface area contributed by atoms with Gasteiger partial charge in [-0.25, -0.2) is 9.29 Å². The van der Waals surface area contributed by atoms with Gasteiger partial charge in [-0.2, -0.15) is 0 Å². The number of benzene rings is 2. The highest BCUT2D eigenvalue weighted by Gasteiger charge is 2.37. The first-order valence-corrected chi connectivity index (χ1v) is 8.17. The fourth-order valence-electron chi connectivity index (χ4n) is 2.31. The number of nitrogens with zero attached hydrogens (tertiary/aromatic N) is 1. The van der Waals surface area contributed by atoms with Gasteiger partial charge in [0.1, 0.15) is 11.6 Å². The Morgan fingerprint density at radius 3 is 2.54 bits per heavy atom. The van der Waals surface area contributed by atoms with E-state index in [2.05, 4.69) is 0 Å². The van der Waals surface area contributed by atoms with Gasteiger partial charge in [0.15, 0.2) is 0 Å². The van der Waals surface area contributed by atoms with Crippen LogP contribution in [0.5, 0.6) is 5.75 Å². The Kier molecular flexibility index (Phi) is 4.66. The molecule has 1 saturated heterocycles. The van der Waals surface area contributed by atoms with E-state index in [1.165, 1.54) is 12.1 Å². The quantitative estimate of drug-likeness (QED) is 0.769. The molecule has 3 rings (SSSR count).